The lowest BCUT2D eigenvalue weighted by Crippen LogP contribution is -2.57. The smallest absolute Gasteiger partial charge is 0.328 e. The molecular weight excluding hydrogens is 410 g/mol. The van der Waals surface area contributed by atoms with Crippen molar-refractivity contribution in [1.82, 2.24) is 20.6 Å². The predicted octanol–water partition coefficient (Wildman–Crippen LogP) is 2.50. The van der Waals surface area contributed by atoms with Gasteiger partial charge in [0.2, 0.25) is 6.04 Å². The number of azo groups is 1. The topological polar surface area (TPSA) is 129 Å². The van der Waals surface area contributed by atoms with E-state index >= 15 is 0 Å². The highest BCUT2D eigenvalue weighted by atomic mass is 16.2. The molecule has 10 nitrogen and oxygen atoms in total. The Balaban J connectivity index is 1.51. The number of pyridine rings is 2. The number of barbiturate groups is 1. The summed E-state index contributed by atoms with van der Waals surface area (Å²) < 4.78 is 0. The van der Waals surface area contributed by atoms with E-state index in [1.807, 2.05) is 59.2 Å². The molecule has 1 aliphatic heterocycles. The van der Waals surface area contributed by atoms with Crippen LogP contribution in [0.15, 0.2) is 83.3 Å². The maximum atomic E-state index is 11.8. The SMILES string of the molecule is O=C1NC(=O)C(N=Nc2ccc(N(Cc3ccccn3)Cc3ccccn3)cc2)C(=O)N1. The van der Waals surface area contributed by atoms with Crippen LogP contribution >= 0.6 is 0 Å². The Kier molecular flexibility index (Phi) is 6.21. The molecule has 4 rings (SSSR count). The van der Waals surface area contributed by atoms with Gasteiger partial charge in [-0.2, -0.15) is 10.2 Å². The Bertz CT molecular complexity index is 1070. The summed E-state index contributed by atoms with van der Waals surface area (Å²) in [5.74, 6) is -1.62. The molecule has 0 radical (unpaired) electrons. The number of imide groups is 2. The van der Waals surface area contributed by atoms with Crippen LogP contribution < -0.4 is 15.5 Å². The van der Waals surface area contributed by atoms with Gasteiger partial charge in [-0.1, -0.05) is 12.1 Å². The fourth-order valence-corrected chi connectivity index (χ4v) is 3.08. The van der Waals surface area contributed by atoms with Crippen LogP contribution in [0.5, 0.6) is 0 Å². The minimum atomic E-state index is -1.41. The molecule has 3 aromatic rings. The van der Waals surface area contributed by atoms with Crippen molar-refractivity contribution in [3.63, 3.8) is 0 Å². The van der Waals surface area contributed by atoms with Crippen LogP contribution in [-0.2, 0) is 22.7 Å². The standard InChI is InChI=1S/C22H19N7O3/c30-20-19(21(31)26-22(32)25-20)28-27-15-7-9-18(10-8-15)29(13-16-5-1-3-11-23-16)14-17-6-2-4-12-24-17/h1-12,19H,13-14H2,(H2,25,26,30,31,32). The maximum Gasteiger partial charge on any atom is 0.328 e. The van der Waals surface area contributed by atoms with Gasteiger partial charge in [0.05, 0.1) is 30.2 Å². The molecule has 0 aliphatic carbocycles. The van der Waals surface area contributed by atoms with Crippen LogP contribution in [-0.4, -0.2) is 33.9 Å². The number of urea groups is 1. The first kappa shape index (κ1) is 20.8. The molecule has 1 fully saturated rings. The van der Waals surface area contributed by atoms with E-state index in [2.05, 4.69) is 25.1 Å². The summed E-state index contributed by atoms with van der Waals surface area (Å²) in [4.78, 5) is 45.6. The van der Waals surface area contributed by atoms with Gasteiger partial charge in [0, 0.05) is 18.1 Å². The molecule has 2 N–H and O–H groups in total. The summed E-state index contributed by atoms with van der Waals surface area (Å²) in [7, 11) is 0. The average molecular weight is 429 g/mol. The van der Waals surface area contributed by atoms with Gasteiger partial charge in [0.25, 0.3) is 11.8 Å². The fraction of sp³-hybridized carbons (Fsp3) is 0.136. The molecule has 160 valence electrons. The molecule has 1 aromatic carbocycles. The zero-order valence-electron chi connectivity index (χ0n) is 16.9. The van der Waals surface area contributed by atoms with Crippen LogP contribution in [0.4, 0.5) is 16.2 Å². The van der Waals surface area contributed by atoms with Gasteiger partial charge < -0.3 is 4.90 Å². The number of carbonyl (C=O) groups excluding carboxylic acids is 3. The van der Waals surface area contributed by atoms with Gasteiger partial charge in [-0.3, -0.25) is 30.2 Å². The lowest BCUT2D eigenvalue weighted by Gasteiger charge is -2.24. The van der Waals surface area contributed by atoms with Crippen LogP contribution in [0.2, 0.25) is 0 Å². The highest BCUT2D eigenvalue weighted by Gasteiger charge is 2.34. The van der Waals surface area contributed by atoms with Crippen molar-refractivity contribution in [2.75, 3.05) is 4.90 Å². The first-order valence-corrected chi connectivity index (χ1v) is 9.80. The Morgan fingerprint density at radius 2 is 1.34 bits per heavy atom. The summed E-state index contributed by atoms with van der Waals surface area (Å²) in [6, 6.07) is 16.5. The molecule has 3 heterocycles. The van der Waals surface area contributed by atoms with Gasteiger partial charge >= 0.3 is 6.03 Å². The number of hydrogen-bond acceptors (Lipinski definition) is 8. The Morgan fingerprint density at radius 3 is 1.84 bits per heavy atom. The zero-order valence-corrected chi connectivity index (χ0v) is 16.9. The summed E-state index contributed by atoms with van der Waals surface area (Å²) in [5.41, 5.74) is 3.20. The second kappa shape index (κ2) is 9.56. The summed E-state index contributed by atoms with van der Waals surface area (Å²) in [5, 5.41) is 11.7. The third-order valence-electron chi connectivity index (χ3n) is 4.63. The molecule has 0 atom stereocenters. The van der Waals surface area contributed by atoms with Gasteiger partial charge in [-0.25, -0.2) is 4.79 Å². The molecule has 32 heavy (non-hydrogen) atoms. The first-order chi connectivity index (χ1) is 15.6. The molecule has 0 saturated carbocycles. The van der Waals surface area contributed by atoms with Gasteiger partial charge in [-0.05, 0) is 48.5 Å². The van der Waals surface area contributed by atoms with Gasteiger partial charge in [0.1, 0.15) is 0 Å². The van der Waals surface area contributed by atoms with E-state index in [4.69, 9.17) is 0 Å². The predicted molar refractivity (Wildman–Crippen MR) is 115 cm³/mol. The number of amides is 4. The maximum absolute atomic E-state index is 11.8. The van der Waals surface area contributed by atoms with E-state index in [0.29, 0.717) is 18.8 Å². The van der Waals surface area contributed by atoms with E-state index in [1.165, 1.54) is 0 Å². The van der Waals surface area contributed by atoms with Crippen molar-refractivity contribution in [2.24, 2.45) is 10.2 Å². The Hall–Kier alpha value is -4.47. The molecule has 1 aliphatic rings. The monoisotopic (exact) mass is 429 g/mol. The van der Waals surface area contributed by atoms with E-state index < -0.39 is 23.9 Å². The third-order valence-corrected chi connectivity index (χ3v) is 4.63. The quantitative estimate of drug-likeness (QED) is 0.439. The van der Waals surface area contributed by atoms with Crippen molar-refractivity contribution in [3.05, 3.63) is 84.4 Å². The number of nitrogens with one attached hydrogen (secondary N) is 2. The molecule has 0 bridgehead atoms. The zero-order chi connectivity index (χ0) is 22.3. The second-order valence-corrected chi connectivity index (χ2v) is 6.94. The summed E-state index contributed by atoms with van der Waals surface area (Å²) >= 11 is 0. The van der Waals surface area contributed by atoms with Crippen LogP contribution in [0.1, 0.15) is 11.4 Å². The third kappa shape index (κ3) is 5.17. The van der Waals surface area contributed by atoms with E-state index in [9.17, 15) is 14.4 Å². The number of benzene rings is 1. The number of aromatic nitrogens is 2. The Morgan fingerprint density at radius 1 is 0.781 bits per heavy atom. The molecule has 1 saturated heterocycles. The van der Waals surface area contributed by atoms with E-state index in [0.717, 1.165) is 17.1 Å². The van der Waals surface area contributed by atoms with Crippen molar-refractivity contribution < 1.29 is 14.4 Å². The first-order valence-electron chi connectivity index (χ1n) is 9.80. The van der Waals surface area contributed by atoms with Gasteiger partial charge in [-0.15, -0.1) is 0 Å². The van der Waals surface area contributed by atoms with Gasteiger partial charge in [0.15, 0.2) is 0 Å². The number of carbonyl (C=O) groups is 3. The number of nitrogens with zero attached hydrogens (tertiary/aromatic N) is 5. The van der Waals surface area contributed by atoms with Crippen molar-refractivity contribution in [2.45, 2.75) is 19.1 Å². The highest BCUT2D eigenvalue weighted by Crippen LogP contribution is 2.23. The van der Waals surface area contributed by atoms with Crippen LogP contribution in [0.25, 0.3) is 0 Å². The lowest BCUT2D eigenvalue weighted by atomic mass is 10.2. The number of hydrogen-bond donors (Lipinski definition) is 2. The summed E-state index contributed by atoms with van der Waals surface area (Å²) in [6.45, 7) is 1.16. The minimum absolute atomic E-state index is 0.460. The second-order valence-electron chi connectivity index (χ2n) is 6.94. The molecule has 4 amide bonds. The fourth-order valence-electron chi connectivity index (χ4n) is 3.08. The molecule has 2 aromatic heterocycles. The van der Waals surface area contributed by atoms with E-state index in [1.54, 1.807) is 24.5 Å². The highest BCUT2D eigenvalue weighted by molar-refractivity contribution is 6.18. The van der Waals surface area contributed by atoms with E-state index in [-0.39, 0.29) is 0 Å². The largest absolute Gasteiger partial charge is 0.360 e. The molecule has 10 heteroatoms. The number of anilines is 1. The average Bonchev–Trinajstić information content (AvgIpc) is 2.80. The lowest BCUT2D eigenvalue weighted by molar-refractivity contribution is -0.131. The van der Waals surface area contributed by atoms with Crippen LogP contribution in [0.3, 0.4) is 0 Å². The normalized spacial score (nSPS) is 14.3. The number of rotatable bonds is 7. The molecule has 0 unspecified atom stereocenters. The van der Waals surface area contributed by atoms with Crippen molar-refractivity contribution >= 4 is 29.2 Å². The Labute approximate surface area is 183 Å². The van der Waals surface area contributed by atoms with Crippen molar-refractivity contribution in [1.29, 1.82) is 0 Å². The minimum Gasteiger partial charge on any atom is -0.360 e. The van der Waals surface area contributed by atoms with Crippen LogP contribution in [0, 0.1) is 0 Å². The summed E-state index contributed by atoms with van der Waals surface area (Å²) in [6.07, 6.45) is 3.51. The molecule has 0 spiro atoms. The molecular formula is C22H19N7O3. The van der Waals surface area contributed by atoms with Crippen molar-refractivity contribution in [3.8, 4) is 0 Å².